The molecule has 3 aromatic rings. The van der Waals surface area contributed by atoms with Gasteiger partial charge in [-0.1, -0.05) is 66.7 Å². The van der Waals surface area contributed by atoms with Crippen LogP contribution in [0.3, 0.4) is 0 Å². The van der Waals surface area contributed by atoms with Gasteiger partial charge in [0.2, 0.25) is 0 Å². The number of rotatable bonds is 1. The third-order valence-electron chi connectivity index (χ3n) is 4.95. The number of carbonyl (C=O) groups excluding carboxylic acids is 1. The van der Waals surface area contributed by atoms with Crippen molar-refractivity contribution in [3.63, 3.8) is 0 Å². The maximum atomic E-state index is 13.3. The Morgan fingerprint density at radius 1 is 0.708 bits per heavy atom. The lowest BCUT2D eigenvalue weighted by Gasteiger charge is -2.22. The van der Waals surface area contributed by atoms with Crippen molar-refractivity contribution < 1.29 is 4.79 Å². The first-order valence-corrected chi connectivity index (χ1v) is 8.10. The summed E-state index contributed by atoms with van der Waals surface area (Å²) in [6, 6.07) is 26.2. The Balaban J connectivity index is 1.77. The third kappa shape index (κ3) is 1.63. The van der Waals surface area contributed by atoms with Crippen LogP contribution in [0.1, 0.15) is 27.0 Å². The number of fused-ring (bicyclic) bond motifs is 3. The second-order valence-corrected chi connectivity index (χ2v) is 6.28. The van der Waals surface area contributed by atoms with Gasteiger partial charge in [-0.2, -0.15) is 0 Å². The molecule has 114 valence electrons. The molecule has 2 nitrogen and oxygen atoms in total. The second kappa shape index (κ2) is 4.68. The first-order valence-electron chi connectivity index (χ1n) is 8.10. The van der Waals surface area contributed by atoms with E-state index < -0.39 is 5.54 Å². The van der Waals surface area contributed by atoms with Gasteiger partial charge in [-0.15, -0.1) is 0 Å². The van der Waals surface area contributed by atoms with Crippen molar-refractivity contribution in [1.82, 2.24) is 0 Å². The highest BCUT2D eigenvalue weighted by Crippen LogP contribution is 2.49. The molecule has 0 aromatic heterocycles. The van der Waals surface area contributed by atoms with E-state index in [1.165, 1.54) is 0 Å². The maximum absolute atomic E-state index is 13.3. The van der Waals surface area contributed by atoms with E-state index in [1.807, 2.05) is 54.6 Å². The van der Waals surface area contributed by atoms with E-state index in [-0.39, 0.29) is 5.78 Å². The second-order valence-electron chi connectivity index (χ2n) is 6.28. The lowest BCUT2D eigenvalue weighted by atomic mass is 9.88. The Kier molecular flexibility index (Phi) is 2.60. The summed E-state index contributed by atoms with van der Waals surface area (Å²) in [6.45, 7) is 0. The van der Waals surface area contributed by atoms with Crippen molar-refractivity contribution in [2.75, 3.05) is 5.32 Å². The van der Waals surface area contributed by atoms with Crippen LogP contribution in [-0.2, 0) is 5.54 Å². The molecule has 1 N–H and O–H groups in total. The van der Waals surface area contributed by atoms with E-state index in [4.69, 9.17) is 0 Å². The van der Waals surface area contributed by atoms with Gasteiger partial charge < -0.3 is 5.32 Å². The van der Waals surface area contributed by atoms with Gasteiger partial charge in [0.25, 0.3) is 0 Å². The van der Waals surface area contributed by atoms with Crippen molar-refractivity contribution in [2.45, 2.75) is 5.54 Å². The SMILES string of the molecule is O=C1c2ccccc2NC12C=C(c1ccccc1)c1ccccc12. The first kappa shape index (κ1) is 13.3. The smallest absolute Gasteiger partial charge is 0.198 e. The average molecular weight is 309 g/mol. The van der Waals surface area contributed by atoms with Gasteiger partial charge >= 0.3 is 0 Å². The number of benzene rings is 3. The third-order valence-corrected chi connectivity index (χ3v) is 4.95. The summed E-state index contributed by atoms with van der Waals surface area (Å²) in [5.74, 6) is 0.122. The van der Waals surface area contributed by atoms with E-state index in [9.17, 15) is 4.79 Å². The molecule has 0 amide bonds. The zero-order valence-electron chi connectivity index (χ0n) is 13.0. The normalized spacial score (nSPS) is 20.5. The van der Waals surface area contributed by atoms with Crippen molar-refractivity contribution >= 4 is 17.0 Å². The topological polar surface area (TPSA) is 29.1 Å². The molecule has 1 aliphatic heterocycles. The Hall–Kier alpha value is -3.13. The van der Waals surface area contributed by atoms with Gasteiger partial charge in [0.1, 0.15) is 5.54 Å². The van der Waals surface area contributed by atoms with Crippen molar-refractivity contribution in [3.05, 3.63) is 107 Å². The average Bonchev–Trinajstić information content (AvgIpc) is 3.13. The molecule has 24 heavy (non-hydrogen) atoms. The van der Waals surface area contributed by atoms with Crippen molar-refractivity contribution in [3.8, 4) is 0 Å². The van der Waals surface area contributed by atoms with Crippen LogP contribution in [0.4, 0.5) is 5.69 Å². The molecule has 0 radical (unpaired) electrons. The molecule has 1 aliphatic carbocycles. The molecule has 1 unspecified atom stereocenters. The Morgan fingerprint density at radius 2 is 1.38 bits per heavy atom. The van der Waals surface area contributed by atoms with E-state index in [0.29, 0.717) is 0 Å². The summed E-state index contributed by atoms with van der Waals surface area (Å²) in [7, 11) is 0. The minimum absolute atomic E-state index is 0.122. The van der Waals surface area contributed by atoms with Crippen molar-refractivity contribution in [1.29, 1.82) is 0 Å². The molecular formula is C22H15NO. The Labute approximate surface area is 140 Å². The standard InChI is InChI=1S/C22H15NO/c24-21-17-11-5-7-13-20(17)23-22(21)14-18(15-8-2-1-3-9-15)16-10-4-6-12-19(16)22/h1-14,23H. The van der Waals surface area contributed by atoms with Crippen LogP contribution in [0.25, 0.3) is 5.57 Å². The number of ketones is 1. The minimum atomic E-state index is -0.786. The van der Waals surface area contributed by atoms with Crippen LogP contribution in [0.15, 0.2) is 84.9 Å². The summed E-state index contributed by atoms with van der Waals surface area (Å²) < 4.78 is 0. The Morgan fingerprint density at radius 3 is 2.17 bits per heavy atom. The molecule has 2 heteroatoms. The van der Waals surface area contributed by atoms with E-state index in [2.05, 4.69) is 35.7 Å². The number of carbonyl (C=O) groups is 1. The zero-order valence-corrected chi connectivity index (χ0v) is 13.0. The fourth-order valence-electron chi connectivity index (χ4n) is 3.85. The zero-order chi connectivity index (χ0) is 16.1. The molecule has 2 aliphatic rings. The quantitative estimate of drug-likeness (QED) is 0.710. The molecule has 1 spiro atoms. The van der Waals surface area contributed by atoms with Gasteiger partial charge in [0, 0.05) is 11.3 Å². The van der Waals surface area contributed by atoms with Crippen LogP contribution >= 0.6 is 0 Å². The molecule has 0 fully saturated rings. The van der Waals surface area contributed by atoms with Crippen LogP contribution in [-0.4, -0.2) is 5.78 Å². The fourth-order valence-corrected chi connectivity index (χ4v) is 3.85. The van der Waals surface area contributed by atoms with Gasteiger partial charge in [-0.3, -0.25) is 4.79 Å². The van der Waals surface area contributed by atoms with E-state index in [0.717, 1.165) is 33.5 Å². The first-order chi connectivity index (χ1) is 11.8. The Bertz CT molecular complexity index is 1000. The molecule has 1 heterocycles. The predicted octanol–water partition coefficient (Wildman–Crippen LogP) is 4.64. The highest BCUT2D eigenvalue weighted by Gasteiger charge is 2.49. The molecule has 0 bridgehead atoms. The summed E-state index contributed by atoms with van der Waals surface area (Å²) in [4.78, 5) is 13.3. The predicted molar refractivity (Wildman–Crippen MR) is 96.0 cm³/mol. The van der Waals surface area contributed by atoms with Crippen LogP contribution in [0.5, 0.6) is 0 Å². The van der Waals surface area contributed by atoms with Crippen LogP contribution in [0.2, 0.25) is 0 Å². The van der Waals surface area contributed by atoms with Gasteiger partial charge in [0.15, 0.2) is 5.78 Å². The summed E-state index contributed by atoms with van der Waals surface area (Å²) in [5.41, 5.74) is 5.28. The summed E-state index contributed by atoms with van der Waals surface area (Å²) in [5, 5.41) is 3.49. The van der Waals surface area contributed by atoms with Gasteiger partial charge in [-0.05, 0) is 40.5 Å². The molecular weight excluding hydrogens is 294 g/mol. The van der Waals surface area contributed by atoms with Crippen LogP contribution in [0, 0.1) is 0 Å². The molecule has 3 aromatic carbocycles. The lowest BCUT2D eigenvalue weighted by molar-refractivity contribution is 0.0946. The monoisotopic (exact) mass is 309 g/mol. The minimum Gasteiger partial charge on any atom is -0.365 e. The van der Waals surface area contributed by atoms with E-state index >= 15 is 0 Å². The molecule has 1 atom stereocenters. The molecule has 0 saturated carbocycles. The molecule has 5 rings (SSSR count). The largest absolute Gasteiger partial charge is 0.365 e. The highest BCUT2D eigenvalue weighted by atomic mass is 16.1. The summed E-state index contributed by atoms with van der Waals surface area (Å²) in [6.07, 6.45) is 2.09. The maximum Gasteiger partial charge on any atom is 0.198 e. The van der Waals surface area contributed by atoms with Gasteiger partial charge in [0.05, 0.1) is 0 Å². The lowest BCUT2D eigenvalue weighted by Crippen LogP contribution is -2.34. The van der Waals surface area contributed by atoms with Gasteiger partial charge in [-0.25, -0.2) is 0 Å². The highest BCUT2D eigenvalue weighted by molar-refractivity contribution is 6.18. The van der Waals surface area contributed by atoms with Crippen molar-refractivity contribution in [2.24, 2.45) is 0 Å². The number of hydrogen-bond acceptors (Lipinski definition) is 2. The molecule has 0 saturated heterocycles. The van der Waals surface area contributed by atoms with E-state index in [1.54, 1.807) is 0 Å². The number of Topliss-reactive ketones (excluding diaryl/α,β-unsaturated/α-hetero) is 1. The number of anilines is 1. The fraction of sp³-hybridized carbons (Fsp3) is 0.0455. The summed E-state index contributed by atoms with van der Waals surface area (Å²) >= 11 is 0. The number of para-hydroxylation sites is 1. The number of hydrogen-bond donors (Lipinski definition) is 1. The number of nitrogens with one attached hydrogen (secondary N) is 1. The van der Waals surface area contributed by atoms with Crippen LogP contribution < -0.4 is 5.32 Å².